The lowest BCUT2D eigenvalue weighted by Crippen LogP contribution is -2.28. The van der Waals surface area contributed by atoms with Gasteiger partial charge >= 0.3 is 0 Å². The van der Waals surface area contributed by atoms with Crippen LogP contribution >= 0.6 is 11.6 Å². The van der Waals surface area contributed by atoms with Crippen molar-refractivity contribution in [2.75, 3.05) is 18.4 Å². The first kappa shape index (κ1) is 21.6. The molecule has 1 fully saturated rings. The number of aryl methyl sites for hydroxylation is 1. The molecule has 1 aliphatic rings. The Morgan fingerprint density at radius 2 is 1.91 bits per heavy atom. The van der Waals surface area contributed by atoms with Gasteiger partial charge in [-0.25, -0.2) is 4.98 Å². The molecular weight excluding hydrogens is 426 g/mol. The average molecular weight is 448 g/mol. The van der Waals surface area contributed by atoms with E-state index in [0.29, 0.717) is 25.3 Å². The Kier molecular flexibility index (Phi) is 6.24. The molecular formula is C24H22ClN5O2. The van der Waals surface area contributed by atoms with Crippen LogP contribution in [0.5, 0.6) is 0 Å². The summed E-state index contributed by atoms with van der Waals surface area (Å²) in [5.74, 6) is 6.22. The first-order chi connectivity index (χ1) is 15.4. The molecule has 0 saturated carbocycles. The van der Waals surface area contributed by atoms with Crippen LogP contribution in [0.4, 0.5) is 5.82 Å². The first-order valence-electron chi connectivity index (χ1n) is 10.3. The highest BCUT2D eigenvalue weighted by Crippen LogP contribution is 2.27. The highest BCUT2D eigenvalue weighted by molar-refractivity contribution is 6.34. The highest BCUT2D eigenvalue weighted by atomic mass is 35.5. The number of amides is 2. The van der Waals surface area contributed by atoms with Crippen molar-refractivity contribution in [2.24, 2.45) is 0 Å². The molecule has 1 N–H and O–H groups in total. The molecule has 162 valence electrons. The summed E-state index contributed by atoms with van der Waals surface area (Å²) >= 11 is 6.28. The van der Waals surface area contributed by atoms with Gasteiger partial charge in [0, 0.05) is 37.3 Å². The number of hydrogen-bond donors (Lipinski definition) is 1. The summed E-state index contributed by atoms with van der Waals surface area (Å²) in [6.07, 6.45) is 3.79. The minimum Gasteiger partial charge on any atom is -0.341 e. The minimum absolute atomic E-state index is 0.00651. The second kappa shape index (κ2) is 9.25. The van der Waals surface area contributed by atoms with Crippen molar-refractivity contribution in [3.8, 4) is 11.8 Å². The molecule has 0 aliphatic carbocycles. The van der Waals surface area contributed by atoms with Crippen molar-refractivity contribution >= 4 is 29.2 Å². The number of carbonyl (C=O) groups is 2. The van der Waals surface area contributed by atoms with Crippen molar-refractivity contribution in [1.82, 2.24) is 19.7 Å². The second-order valence-electron chi connectivity index (χ2n) is 7.65. The zero-order valence-corrected chi connectivity index (χ0v) is 18.6. The smallest absolute Gasteiger partial charge is 0.276 e. The number of rotatable bonds is 3. The van der Waals surface area contributed by atoms with E-state index >= 15 is 0 Å². The molecule has 0 radical (unpaired) electrons. The van der Waals surface area contributed by atoms with Crippen LogP contribution in [0.3, 0.4) is 0 Å². The van der Waals surface area contributed by atoms with E-state index in [9.17, 15) is 9.59 Å². The third-order valence-corrected chi connectivity index (χ3v) is 5.63. The maximum Gasteiger partial charge on any atom is 0.276 e. The van der Waals surface area contributed by atoms with E-state index in [1.54, 1.807) is 15.8 Å². The number of aromatic nitrogens is 3. The van der Waals surface area contributed by atoms with Crippen LogP contribution in [0.2, 0.25) is 5.02 Å². The van der Waals surface area contributed by atoms with Crippen molar-refractivity contribution in [3.63, 3.8) is 0 Å². The van der Waals surface area contributed by atoms with Crippen molar-refractivity contribution in [1.29, 1.82) is 0 Å². The molecule has 0 bridgehead atoms. The Labute approximate surface area is 191 Å². The van der Waals surface area contributed by atoms with E-state index in [4.69, 9.17) is 11.6 Å². The summed E-state index contributed by atoms with van der Waals surface area (Å²) in [7, 11) is 0. The summed E-state index contributed by atoms with van der Waals surface area (Å²) in [6.45, 7) is 4.52. The normalized spacial score (nSPS) is 15.2. The predicted octanol–water partition coefficient (Wildman–Crippen LogP) is 3.69. The molecule has 2 amide bonds. The van der Waals surface area contributed by atoms with E-state index in [-0.39, 0.29) is 22.7 Å². The number of anilines is 1. The van der Waals surface area contributed by atoms with Gasteiger partial charge in [0.15, 0.2) is 0 Å². The van der Waals surface area contributed by atoms with Gasteiger partial charge in [-0.2, -0.15) is 5.10 Å². The lowest BCUT2D eigenvalue weighted by molar-refractivity contribution is -0.127. The lowest BCUT2D eigenvalue weighted by Gasteiger charge is -2.16. The van der Waals surface area contributed by atoms with E-state index < -0.39 is 5.91 Å². The molecule has 7 nitrogen and oxygen atoms in total. The van der Waals surface area contributed by atoms with Crippen LogP contribution in [0.1, 0.15) is 46.6 Å². The second-order valence-corrected chi connectivity index (χ2v) is 8.06. The van der Waals surface area contributed by atoms with Crippen LogP contribution < -0.4 is 5.32 Å². The van der Waals surface area contributed by atoms with Gasteiger partial charge in [0.2, 0.25) is 5.91 Å². The highest BCUT2D eigenvalue weighted by Gasteiger charge is 2.30. The molecule has 1 aliphatic heterocycles. The number of carbonyl (C=O) groups excluding carboxylic acids is 2. The molecule has 4 rings (SSSR count). The Morgan fingerprint density at radius 3 is 2.59 bits per heavy atom. The number of nitrogens with one attached hydrogen (secondary N) is 1. The fourth-order valence-corrected chi connectivity index (χ4v) is 3.88. The van der Waals surface area contributed by atoms with Crippen molar-refractivity contribution < 1.29 is 9.59 Å². The van der Waals surface area contributed by atoms with E-state index in [2.05, 4.69) is 27.2 Å². The van der Waals surface area contributed by atoms with Gasteiger partial charge in [0.1, 0.15) is 11.5 Å². The summed E-state index contributed by atoms with van der Waals surface area (Å²) < 4.78 is 1.61. The lowest BCUT2D eigenvalue weighted by atomic mass is 10.1. The SMILES string of the molecule is CC(=O)N1CC[C@H](n2ncc(Cl)c2C(=O)Nc2ncc(C#Cc3ccccc3)cc2C)C1. The Morgan fingerprint density at radius 1 is 1.16 bits per heavy atom. The summed E-state index contributed by atoms with van der Waals surface area (Å²) in [5.41, 5.74) is 2.71. The topological polar surface area (TPSA) is 80.1 Å². The quantitative estimate of drug-likeness (QED) is 0.621. The Bertz CT molecular complexity index is 1230. The number of halogens is 1. The van der Waals surface area contributed by atoms with Crippen molar-refractivity contribution in [2.45, 2.75) is 26.3 Å². The zero-order valence-electron chi connectivity index (χ0n) is 17.8. The number of benzene rings is 1. The predicted molar refractivity (Wildman–Crippen MR) is 122 cm³/mol. The third kappa shape index (κ3) is 4.66. The fraction of sp³-hybridized carbons (Fsp3) is 0.250. The molecule has 1 aromatic carbocycles. The Balaban J connectivity index is 1.51. The van der Waals surface area contributed by atoms with Gasteiger partial charge in [0.05, 0.1) is 17.3 Å². The van der Waals surface area contributed by atoms with Gasteiger partial charge in [0.25, 0.3) is 5.91 Å². The number of pyridine rings is 1. The molecule has 3 heterocycles. The molecule has 8 heteroatoms. The summed E-state index contributed by atoms with van der Waals surface area (Å²) in [4.78, 5) is 30.8. The van der Waals surface area contributed by atoms with Crippen LogP contribution in [-0.2, 0) is 4.79 Å². The van der Waals surface area contributed by atoms with Gasteiger partial charge in [-0.05, 0) is 37.1 Å². The van der Waals surface area contributed by atoms with Crippen LogP contribution in [-0.4, -0.2) is 44.6 Å². The zero-order chi connectivity index (χ0) is 22.7. The van der Waals surface area contributed by atoms with E-state index in [1.165, 1.54) is 13.1 Å². The molecule has 0 unspecified atom stereocenters. The number of likely N-dealkylation sites (tertiary alicyclic amines) is 1. The van der Waals surface area contributed by atoms with Gasteiger partial charge in [-0.3, -0.25) is 14.3 Å². The molecule has 32 heavy (non-hydrogen) atoms. The standard InChI is InChI=1S/C24H22ClN5O2/c1-16-12-19(9-8-18-6-4-3-5-7-18)13-26-23(16)28-24(32)22-21(25)14-27-30(22)20-10-11-29(15-20)17(2)31/h3-7,12-14,20H,10-11,15H2,1-2H3,(H,26,28,32)/t20-/m0/s1. The summed E-state index contributed by atoms with van der Waals surface area (Å²) in [5, 5.41) is 7.38. The first-order valence-corrected chi connectivity index (χ1v) is 10.6. The summed E-state index contributed by atoms with van der Waals surface area (Å²) in [6, 6.07) is 11.5. The number of hydrogen-bond acceptors (Lipinski definition) is 4. The van der Waals surface area contributed by atoms with Gasteiger partial charge < -0.3 is 10.2 Å². The monoisotopic (exact) mass is 447 g/mol. The fourth-order valence-electron chi connectivity index (χ4n) is 3.66. The van der Waals surface area contributed by atoms with Crippen molar-refractivity contribution in [3.05, 3.63) is 76.2 Å². The Hall–Kier alpha value is -3.63. The molecule has 2 aromatic heterocycles. The van der Waals surface area contributed by atoms with Gasteiger partial charge in [-0.15, -0.1) is 0 Å². The molecule has 1 atom stereocenters. The minimum atomic E-state index is -0.396. The third-order valence-electron chi connectivity index (χ3n) is 5.36. The van der Waals surface area contributed by atoms with E-state index in [0.717, 1.165) is 16.7 Å². The molecule has 3 aromatic rings. The molecule has 0 spiro atoms. The largest absolute Gasteiger partial charge is 0.341 e. The molecule has 1 saturated heterocycles. The maximum absolute atomic E-state index is 13.0. The van der Waals surface area contributed by atoms with Crippen LogP contribution in [0.25, 0.3) is 0 Å². The average Bonchev–Trinajstić information content (AvgIpc) is 3.41. The maximum atomic E-state index is 13.0. The van der Waals surface area contributed by atoms with Crippen LogP contribution in [0, 0.1) is 18.8 Å². The number of nitrogens with zero attached hydrogens (tertiary/aromatic N) is 4. The van der Waals surface area contributed by atoms with Gasteiger partial charge in [-0.1, -0.05) is 41.6 Å². The van der Waals surface area contributed by atoms with E-state index in [1.807, 2.05) is 43.3 Å². The van der Waals surface area contributed by atoms with Crippen LogP contribution in [0.15, 0.2) is 48.8 Å².